The summed E-state index contributed by atoms with van der Waals surface area (Å²) < 4.78 is 1.98. The van der Waals surface area contributed by atoms with Crippen LogP contribution in [0.1, 0.15) is 50.7 Å². The Balaban J connectivity index is 2.13. The van der Waals surface area contributed by atoms with Crippen molar-refractivity contribution >= 4 is 17.6 Å². The van der Waals surface area contributed by atoms with E-state index in [0.717, 1.165) is 27.9 Å². The standard InChI is InChI=1S/C32H31N3O2/c1-3-14-28(36)35(29(37)15-4-2)32-27(22-33)30(25-18-10-6-11-19-25)31(26-20-12-7-13-21-26)34(32)23-24-16-8-5-9-17-24/h5-13,16-21H,3-4,14-15,23H2,1-2H3. The molecule has 0 saturated heterocycles. The van der Waals surface area contributed by atoms with Crippen LogP contribution in [0, 0.1) is 11.3 Å². The summed E-state index contributed by atoms with van der Waals surface area (Å²) >= 11 is 0. The quantitative estimate of drug-likeness (QED) is 0.250. The van der Waals surface area contributed by atoms with Crippen LogP contribution in [0.2, 0.25) is 0 Å². The first-order chi connectivity index (χ1) is 18.1. The Labute approximate surface area is 218 Å². The van der Waals surface area contributed by atoms with E-state index >= 15 is 0 Å². The molecule has 186 valence electrons. The summed E-state index contributed by atoms with van der Waals surface area (Å²) in [7, 11) is 0. The number of carbonyl (C=O) groups is 2. The van der Waals surface area contributed by atoms with Gasteiger partial charge in [-0.3, -0.25) is 9.59 Å². The summed E-state index contributed by atoms with van der Waals surface area (Å²) in [6.45, 7) is 4.23. The van der Waals surface area contributed by atoms with E-state index in [4.69, 9.17) is 0 Å². The van der Waals surface area contributed by atoms with E-state index in [-0.39, 0.29) is 24.7 Å². The maximum atomic E-state index is 13.5. The van der Waals surface area contributed by atoms with E-state index in [1.807, 2.05) is 109 Å². The summed E-state index contributed by atoms with van der Waals surface area (Å²) in [5.41, 5.74) is 4.63. The number of anilines is 1. The average molecular weight is 490 g/mol. The summed E-state index contributed by atoms with van der Waals surface area (Å²) in [4.78, 5) is 28.3. The van der Waals surface area contributed by atoms with Crippen LogP contribution in [0.3, 0.4) is 0 Å². The van der Waals surface area contributed by atoms with E-state index < -0.39 is 0 Å². The van der Waals surface area contributed by atoms with E-state index in [9.17, 15) is 14.9 Å². The number of nitriles is 1. The second-order valence-corrected chi connectivity index (χ2v) is 8.96. The van der Waals surface area contributed by atoms with Crippen LogP contribution >= 0.6 is 0 Å². The summed E-state index contributed by atoms with van der Waals surface area (Å²) in [6, 6.07) is 31.9. The number of amides is 2. The fourth-order valence-corrected chi connectivity index (χ4v) is 4.67. The zero-order chi connectivity index (χ0) is 26.2. The van der Waals surface area contributed by atoms with Crippen molar-refractivity contribution in [1.29, 1.82) is 5.26 Å². The maximum Gasteiger partial charge on any atom is 0.234 e. The number of imide groups is 1. The lowest BCUT2D eigenvalue weighted by molar-refractivity contribution is -0.126. The summed E-state index contributed by atoms with van der Waals surface area (Å²) in [6.07, 6.45) is 1.65. The topological polar surface area (TPSA) is 66.1 Å². The average Bonchev–Trinajstić information content (AvgIpc) is 3.24. The lowest BCUT2D eigenvalue weighted by Gasteiger charge is -2.24. The number of nitrogens with zero attached hydrogens (tertiary/aromatic N) is 3. The van der Waals surface area contributed by atoms with Crippen molar-refractivity contribution in [3.8, 4) is 28.5 Å². The Hall–Kier alpha value is -4.43. The van der Waals surface area contributed by atoms with E-state index in [0.29, 0.717) is 30.8 Å². The SMILES string of the molecule is CCCC(=O)N(C(=O)CCC)c1c(C#N)c(-c2ccccc2)c(-c2ccccc2)n1Cc1ccccc1. The van der Waals surface area contributed by atoms with Gasteiger partial charge in [-0.05, 0) is 29.5 Å². The molecule has 2 amide bonds. The highest BCUT2D eigenvalue weighted by Crippen LogP contribution is 2.43. The highest BCUT2D eigenvalue weighted by atomic mass is 16.2. The number of hydrogen-bond acceptors (Lipinski definition) is 3. The van der Waals surface area contributed by atoms with Gasteiger partial charge in [-0.1, -0.05) is 105 Å². The normalized spacial score (nSPS) is 10.6. The Morgan fingerprint density at radius 3 is 1.73 bits per heavy atom. The minimum Gasteiger partial charge on any atom is -0.321 e. The third-order valence-corrected chi connectivity index (χ3v) is 6.28. The highest BCUT2D eigenvalue weighted by molar-refractivity contribution is 6.16. The van der Waals surface area contributed by atoms with Crippen molar-refractivity contribution in [3.05, 3.63) is 102 Å². The fourth-order valence-electron chi connectivity index (χ4n) is 4.67. The zero-order valence-electron chi connectivity index (χ0n) is 21.4. The molecule has 0 saturated carbocycles. The minimum absolute atomic E-state index is 0.220. The van der Waals surface area contributed by atoms with Gasteiger partial charge in [0.05, 0.1) is 5.69 Å². The predicted octanol–water partition coefficient (Wildman–Crippen LogP) is 7.20. The molecule has 0 aliphatic rings. The van der Waals surface area contributed by atoms with Gasteiger partial charge < -0.3 is 4.57 Å². The van der Waals surface area contributed by atoms with Crippen LogP contribution in [0.15, 0.2) is 91.0 Å². The Bertz CT molecular complexity index is 1380. The van der Waals surface area contributed by atoms with Crippen molar-refractivity contribution in [2.45, 2.75) is 46.1 Å². The molecule has 4 rings (SSSR count). The highest BCUT2D eigenvalue weighted by Gasteiger charge is 2.33. The van der Waals surface area contributed by atoms with E-state index in [1.165, 1.54) is 4.90 Å². The predicted molar refractivity (Wildman–Crippen MR) is 148 cm³/mol. The molecule has 0 unspecified atom stereocenters. The van der Waals surface area contributed by atoms with Crippen LogP contribution in [0.4, 0.5) is 5.82 Å². The van der Waals surface area contributed by atoms with E-state index in [1.54, 1.807) is 0 Å². The number of aromatic nitrogens is 1. The summed E-state index contributed by atoms with van der Waals surface area (Å²) in [5.74, 6) is -0.229. The van der Waals surface area contributed by atoms with E-state index in [2.05, 4.69) is 6.07 Å². The van der Waals surface area contributed by atoms with Gasteiger partial charge in [0, 0.05) is 24.9 Å². The van der Waals surface area contributed by atoms with Crippen molar-refractivity contribution < 1.29 is 9.59 Å². The van der Waals surface area contributed by atoms with Crippen molar-refractivity contribution in [3.63, 3.8) is 0 Å². The maximum absolute atomic E-state index is 13.5. The molecule has 3 aromatic carbocycles. The second-order valence-electron chi connectivity index (χ2n) is 8.96. The molecule has 0 radical (unpaired) electrons. The lowest BCUT2D eigenvalue weighted by atomic mass is 9.97. The molecule has 0 fully saturated rings. The third-order valence-electron chi connectivity index (χ3n) is 6.28. The molecule has 0 spiro atoms. The molecule has 0 atom stereocenters. The largest absolute Gasteiger partial charge is 0.321 e. The summed E-state index contributed by atoms with van der Waals surface area (Å²) in [5, 5.41) is 10.6. The fraction of sp³-hybridized carbons (Fsp3) is 0.219. The first-order valence-electron chi connectivity index (χ1n) is 12.8. The van der Waals surface area contributed by atoms with Crippen LogP contribution in [0.5, 0.6) is 0 Å². The van der Waals surface area contributed by atoms with Crippen molar-refractivity contribution in [1.82, 2.24) is 4.57 Å². The van der Waals surface area contributed by atoms with Gasteiger partial charge in [0.2, 0.25) is 11.8 Å². The minimum atomic E-state index is -0.288. The van der Waals surface area contributed by atoms with Crippen LogP contribution < -0.4 is 4.90 Å². The molecule has 0 aliphatic carbocycles. The molecule has 0 N–H and O–H groups in total. The lowest BCUT2D eigenvalue weighted by Crippen LogP contribution is -2.38. The van der Waals surface area contributed by atoms with Crippen LogP contribution in [-0.4, -0.2) is 16.4 Å². The van der Waals surface area contributed by atoms with Gasteiger partial charge in [0.15, 0.2) is 0 Å². The molecule has 0 bridgehead atoms. The molecule has 4 aromatic rings. The van der Waals surface area contributed by atoms with Gasteiger partial charge in [0.1, 0.15) is 17.5 Å². The van der Waals surface area contributed by atoms with Gasteiger partial charge >= 0.3 is 0 Å². The number of hydrogen-bond donors (Lipinski definition) is 0. The zero-order valence-corrected chi connectivity index (χ0v) is 21.4. The monoisotopic (exact) mass is 489 g/mol. The molecule has 5 nitrogen and oxygen atoms in total. The Morgan fingerprint density at radius 1 is 0.757 bits per heavy atom. The van der Waals surface area contributed by atoms with Crippen molar-refractivity contribution in [2.24, 2.45) is 0 Å². The smallest absolute Gasteiger partial charge is 0.234 e. The van der Waals surface area contributed by atoms with Gasteiger partial charge in [0.25, 0.3) is 0 Å². The molecular formula is C32H31N3O2. The number of benzene rings is 3. The van der Waals surface area contributed by atoms with Gasteiger partial charge in [-0.15, -0.1) is 0 Å². The molecule has 37 heavy (non-hydrogen) atoms. The molecule has 1 aromatic heterocycles. The molecule has 1 heterocycles. The van der Waals surface area contributed by atoms with Crippen LogP contribution in [-0.2, 0) is 16.1 Å². The second kappa shape index (κ2) is 12.0. The number of rotatable bonds is 9. The van der Waals surface area contributed by atoms with Gasteiger partial charge in [-0.2, -0.15) is 5.26 Å². The Morgan fingerprint density at radius 2 is 1.24 bits per heavy atom. The molecular weight excluding hydrogens is 458 g/mol. The third kappa shape index (κ3) is 5.39. The number of carbonyl (C=O) groups excluding carboxylic acids is 2. The first-order valence-corrected chi connectivity index (χ1v) is 12.8. The molecule has 0 aliphatic heterocycles. The van der Waals surface area contributed by atoms with Crippen LogP contribution in [0.25, 0.3) is 22.4 Å². The Kier molecular flexibility index (Phi) is 8.33. The van der Waals surface area contributed by atoms with Gasteiger partial charge in [-0.25, -0.2) is 4.90 Å². The molecule has 5 heteroatoms. The first kappa shape index (κ1) is 25.7. The van der Waals surface area contributed by atoms with Crippen molar-refractivity contribution in [2.75, 3.05) is 4.90 Å².